The van der Waals surface area contributed by atoms with Gasteiger partial charge in [-0.05, 0) is 12.1 Å². The molecule has 2 heterocycles. The Hall–Kier alpha value is -3.71. The normalized spacial score (nSPS) is 15.9. The molecular formula is C18H12FN5O3S. The van der Waals surface area contributed by atoms with Crippen molar-refractivity contribution in [3.63, 3.8) is 0 Å². The summed E-state index contributed by atoms with van der Waals surface area (Å²) < 4.78 is 46.8. The molecule has 4 rings (SSSR count). The summed E-state index contributed by atoms with van der Waals surface area (Å²) in [6.45, 7) is 0.0127. The number of oxazole rings is 1. The van der Waals surface area contributed by atoms with Gasteiger partial charge in [-0.15, -0.1) is 0 Å². The highest BCUT2D eigenvalue weighted by Gasteiger charge is 2.29. The smallest absolute Gasteiger partial charge is 0.266 e. The number of nitriles is 1. The predicted molar refractivity (Wildman–Crippen MR) is 98.1 cm³/mol. The van der Waals surface area contributed by atoms with Crippen LogP contribution in [0.3, 0.4) is 0 Å². The molecule has 0 fully saturated rings. The molecule has 8 nitrogen and oxygen atoms in total. The van der Waals surface area contributed by atoms with Crippen molar-refractivity contribution in [3.8, 4) is 17.2 Å². The van der Waals surface area contributed by atoms with Crippen LogP contribution >= 0.6 is 0 Å². The van der Waals surface area contributed by atoms with E-state index in [-0.39, 0.29) is 34.2 Å². The lowest BCUT2D eigenvalue weighted by atomic mass is 9.98. The molecule has 0 saturated carbocycles. The predicted octanol–water partition coefficient (Wildman–Crippen LogP) is 2.61. The van der Waals surface area contributed by atoms with E-state index in [0.717, 1.165) is 0 Å². The molecule has 1 aliphatic heterocycles. The third-order valence-corrected chi connectivity index (χ3v) is 5.44. The maximum Gasteiger partial charge on any atom is 0.266 e. The standard InChI is InChI=1S/C18H12FN5O3S/c19-14-5-1-3-11(13(14)9-20)12-4-2-6-15-17(12)23-18(24-28(15,25)26)22-10-16-21-7-8-27-16/h1-8H,10H2,(H2,22,23,24). The van der Waals surface area contributed by atoms with Gasteiger partial charge in [-0.25, -0.2) is 27.5 Å². The lowest BCUT2D eigenvalue weighted by Crippen LogP contribution is -2.41. The van der Waals surface area contributed by atoms with Crippen molar-refractivity contribution in [1.29, 1.82) is 5.26 Å². The van der Waals surface area contributed by atoms with Crippen LogP contribution in [0.4, 0.5) is 10.1 Å². The summed E-state index contributed by atoms with van der Waals surface area (Å²) in [7, 11) is -3.91. The number of hydrogen-bond acceptors (Lipinski definition) is 6. The first-order chi connectivity index (χ1) is 13.5. The molecule has 0 spiro atoms. The highest BCUT2D eigenvalue weighted by Crippen LogP contribution is 2.37. The second-order valence-corrected chi connectivity index (χ2v) is 7.42. The number of aromatic nitrogens is 1. The van der Waals surface area contributed by atoms with Gasteiger partial charge in [-0.3, -0.25) is 0 Å². The first-order valence-corrected chi connectivity index (χ1v) is 9.52. The molecular weight excluding hydrogens is 385 g/mol. The van der Waals surface area contributed by atoms with E-state index < -0.39 is 15.8 Å². The molecule has 0 aliphatic carbocycles. The van der Waals surface area contributed by atoms with Crippen molar-refractivity contribution >= 4 is 21.7 Å². The van der Waals surface area contributed by atoms with E-state index in [1.165, 1.54) is 36.7 Å². The Morgan fingerprint density at radius 3 is 2.75 bits per heavy atom. The molecule has 10 heteroatoms. The molecule has 3 aromatic rings. The van der Waals surface area contributed by atoms with E-state index in [9.17, 15) is 18.1 Å². The van der Waals surface area contributed by atoms with Gasteiger partial charge in [0.25, 0.3) is 10.0 Å². The van der Waals surface area contributed by atoms with Gasteiger partial charge >= 0.3 is 0 Å². The fourth-order valence-electron chi connectivity index (χ4n) is 2.85. The maximum absolute atomic E-state index is 14.1. The van der Waals surface area contributed by atoms with Gasteiger partial charge in [0.05, 0.1) is 17.4 Å². The quantitative estimate of drug-likeness (QED) is 0.701. The summed E-state index contributed by atoms with van der Waals surface area (Å²) in [5.41, 5.74) is 0.667. The SMILES string of the molecule is N#Cc1c(F)cccc1-c1cccc2c1NC(=NCc1ncco1)NS2(=O)=O. The molecule has 0 atom stereocenters. The van der Waals surface area contributed by atoms with Gasteiger partial charge in [-0.2, -0.15) is 5.26 Å². The number of nitrogens with one attached hydrogen (secondary N) is 2. The van der Waals surface area contributed by atoms with Crippen LogP contribution in [0.25, 0.3) is 11.1 Å². The number of sulfonamides is 1. The molecule has 2 aromatic carbocycles. The van der Waals surface area contributed by atoms with Gasteiger partial charge in [0.1, 0.15) is 29.6 Å². The Balaban J connectivity index is 1.84. The topological polar surface area (TPSA) is 120 Å². The molecule has 0 radical (unpaired) electrons. The van der Waals surface area contributed by atoms with Gasteiger partial charge in [-0.1, -0.05) is 24.3 Å². The van der Waals surface area contributed by atoms with Crippen molar-refractivity contribution in [2.24, 2.45) is 4.99 Å². The zero-order chi connectivity index (χ0) is 19.7. The minimum Gasteiger partial charge on any atom is -0.447 e. The fraction of sp³-hybridized carbons (Fsp3) is 0.0556. The lowest BCUT2D eigenvalue weighted by Gasteiger charge is -2.24. The Labute approximate surface area is 159 Å². The number of hydrogen-bond donors (Lipinski definition) is 2. The van der Waals surface area contributed by atoms with Gasteiger partial charge in [0, 0.05) is 11.1 Å². The summed E-state index contributed by atoms with van der Waals surface area (Å²) in [5, 5.41) is 12.2. The lowest BCUT2D eigenvalue weighted by molar-refractivity contribution is 0.498. The van der Waals surface area contributed by atoms with Crippen LogP contribution in [0.2, 0.25) is 0 Å². The number of aliphatic imine (C=N–C) groups is 1. The van der Waals surface area contributed by atoms with E-state index in [0.29, 0.717) is 11.5 Å². The molecule has 0 saturated heterocycles. The zero-order valence-corrected chi connectivity index (χ0v) is 15.0. The molecule has 2 N–H and O–H groups in total. The first-order valence-electron chi connectivity index (χ1n) is 8.04. The van der Waals surface area contributed by atoms with Crippen LogP contribution in [0.5, 0.6) is 0 Å². The summed E-state index contributed by atoms with van der Waals surface area (Å²) >= 11 is 0. The largest absolute Gasteiger partial charge is 0.447 e. The third-order valence-electron chi connectivity index (χ3n) is 4.06. The third kappa shape index (κ3) is 3.08. The first kappa shape index (κ1) is 17.7. The van der Waals surface area contributed by atoms with E-state index in [4.69, 9.17) is 4.42 Å². The number of halogens is 1. The molecule has 140 valence electrons. The van der Waals surface area contributed by atoms with Crippen LogP contribution in [0, 0.1) is 17.1 Å². The van der Waals surface area contributed by atoms with Crippen LogP contribution in [0.1, 0.15) is 11.5 Å². The summed E-state index contributed by atoms with van der Waals surface area (Å²) in [4.78, 5) is 8.02. The van der Waals surface area contributed by atoms with E-state index in [2.05, 4.69) is 20.0 Å². The summed E-state index contributed by atoms with van der Waals surface area (Å²) in [6, 6.07) is 10.5. The van der Waals surface area contributed by atoms with E-state index in [1.807, 2.05) is 6.07 Å². The second kappa shape index (κ2) is 6.79. The molecule has 1 aromatic heterocycles. The Morgan fingerprint density at radius 2 is 2.00 bits per heavy atom. The van der Waals surface area contributed by atoms with Crippen molar-refractivity contribution < 1.29 is 17.2 Å². The Morgan fingerprint density at radius 1 is 1.21 bits per heavy atom. The summed E-state index contributed by atoms with van der Waals surface area (Å²) in [5.74, 6) is -0.412. The number of anilines is 1. The second-order valence-electron chi connectivity index (χ2n) is 5.77. The zero-order valence-electron chi connectivity index (χ0n) is 14.2. The molecule has 1 aliphatic rings. The maximum atomic E-state index is 14.1. The van der Waals surface area contributed by atoms with Crippen molar-refractivity contribution in [2.45, 2.75) is 11.4 Å². The van der Waals surface area contributed by atoms with Crippen molar-refractivity contribution in [1.82, 2.24) is 9.71 Å². The fourth-order valence-corrected chi connectivity index (χ4v) is 4.01. The van der Waals surface area contributed by atoms with Crippen LogP contribution < -0.4 is 10.0 Å². The van der Waals surface area contributed by atoms with Crippen molar-refractivity contribution in [3.05, 3.63) is 66.1 Å². The van der Waals surface area contributed by atoms with E-state index >= 15 is 0 Å². The number of fused-ring (bicyclic) bond motifs is 1. The minimum absolute atomic E-state index is 0.0127. The highest BCUT2D eigenvalue weighted by atomic mass is 32.2. The van der Waals surface area contributed by atoms with Gasteiger partial charge in [0.2, 0.25) is 11.9 Å². The number of benzene rings is 2. The molecule has 0 amide bonds. The Kier molecular flexibility index (Phi) is 4.29. The van der Waals surface area contributed by atoms with Gasteiger partial charge in [0.15, 0.2) is 0 Å². The highest BCUT2D eigenvalue weighted by molar-refractivity contribution is 7.90. The minimum atomic E-state index is -3.91. The number of nitrogens with zero attached hydrogens (tertiary/aromatic N) is 3. The number of para-hydroxylation sites is 1. The van der Waals surface area contributed by atoms with Crippen molar-refractivity contribution in [2.75, 3.05) is 5.32 Å². The molecule has 28 heavy (non-hydrogen) atoms. The number of guanidine groups is 1. The Bertz CT molecular complexity index is 1230. The van der Waals surface area contributed by atoms with Crippen LogP contribution in [0.15, 0.2) is 63.2 Å². The molecule has 0 bridgehead atoms. The van der Waals surface area contributed by atoms with Crippen LogP contribution in [-0.4, -0.2) is 19.4 Å². The molecule has 0 unspecified atom stereocenters. The number of rotatable bonds is 3. The average Bonchev–Trinajstić information content (AvgIpc) is 3.19. The van der Waals surface area contributed by atoms with Crippen LogP contribution in [-0.2, 0) is 16.6 Å². The summed E-state index contributed by atoms with van der Waals surface area (Å²) in [6.07, 6.45) is 2.84. The average molecular weight is 397 g/mol. The van der Waals surface area contributed by atoms with E-state index in [1.54, 1.807) is 12.1 Å². The van der Waals surface area contributed by atoms with Gasteiger partial charge < -0.3 is 9.73 Å². The monoisotopic (exact) mass is 397 g/mol.